The van der Waals surface area contributed by atoms with Gasteiger partial charge in [-0.3, -0.25) is 9.59 Å². The summed E-state index contributed by atoms with van der Waals surface area (Å²) in [5.41, 5.74) is 0. The molecule has 0 bridgehead atoms. The molecule has 0 radical (unpaired) electrons. The van der Waals surface area contributed by atoms with E-state index in [0.717, 1.165) is 0 Å². The van der Waals surface area contributed by atoms with Crippen LogP contribution in [0.1, 0.15) is 20.3 Å². The fraction of sp³-hybridized carbons (Fsp3) is 0.750. The Kier molecular flexibility index (Phi) is 6.73. The minimum atomic E-state index is -1.10. The number of rotatable bonds is 7. The highest BCUT2D eigenvalue weighted by Crippen LogP contribution is 2.51. The van der Waals surface area contributed by atoms with Crippen LogP contribution in [0.25, 0.3) is 0 Å². The van der Waals surface area contributed by atoms with Gasteiger partial charge in [-0.2, -0.15) is 11.8 Å². The molecule has 1 rings (SSSR count). The predicted molar refractivity (Wildman–Crippen MR) is 87.0 cm³/mol. The zero-order valence-electron chi connectivity index (χ0n) is 12.0. The first-order chi connectivity index (χ1) is 9.68. The molecule has 1 amide bonds. The van der Waals surface area contributed by atoms with E-state index in [1.54, 1.807) is 0 Å². The molecule has 0 aromatic heterocycles. The molecule has 0 saturated carbocycles. The van der Waals surface area contributed by atoms with Gasteiger partial charge in [-0.05, 0) is 32.3 Å². The molecular formula is C12H19NO5S3. The second-order valence-corrected chi connectivity index (χ2v) is 9.77. The van der Waals surface area contributed by atoms with E-state index in [1.807, 2.05) is 20.1 Å². The summed E-state index contributed by atoms with van der Waals surface area (Å²) in [4.78, 5) is 34.7. The van der Waals surface area contributed by atoms with Gasteiger partial charge in [-0.15, -0.1) is 23.5 Å². The second kappa shape index (κ2) is 7.64. The minimum Gasteiger partial charge on any atom is -0.480 e. The Morgan fingerprint density at radius 1 is 1.24 bits per heavy atom. The lowest BCUT2D eigenvalue weighted by Crippen LogP contribution is -2.47. The number of nitrogens with one attached hydrogen (secondary N) is 1. The fourth-order valence-electron chi connectivity index (χ4n) is 1.88. The average Bonchev–Trinajstić information content (AvgIpc) is 2.70. The van der Waals surface area contributed by atoms with Crippen molar-refractivity contribution in [3.8, 4) is 0 Å². The van der Waals surface area contributed by atoms with Crippen LogP contribution in [0.3, 0.4) is 0 Å². The van der Waals surface area contributed by atoms with Gasteiger partial charge >= 0.3 is 11.9 Å². The van der Waals surface area contributed by atoms with Crippen molar-refractivity contribution in [3.05, 3.63) is 0 Å². The van der Waals surface area contributed by atoms with Crippen molar-refractivity contribution >= 4 is 53.1 Å². The molecule has 0 spiro atoms. The molecule has 1 fully saturated rings. The monoisotopic (exact) mass is 353 g/mol. The maximum absolute atomic E-state index is 12.2. The summed E-state index contributed by atoms with van der Waals surface area (Å²) in [6, 6.07) is -0.978. The molecule has 120 valence electrons. The van der Waals surface area contributed by atoms with Crippen molar-refractivity contribution in [2.24, 2.45) is 0 Å². The highest BCUT2D eigenvalue weighted by Gasteiger charge is 2.48. The van der Waals surface area contributed by atoms with Gasteiger partial charge in [0.05, 0.1) is 4.08 Å². The van der Waals surface area contributed by atoms with Crippen LogP contribution in [-0.2, 0) is 14.4 Å². The summed E-state index contributed by atoms with van der Waals surface area (Å²) < 4.78 is -0.386. The first-order valence-electron chi connectivity index (χ1n) is 6.28. The van der Waals surface area contributed by atoms with Crippen LogP contribution in [0.5, 0.6) is 0 Å². The number of aliphatic carboxylic acids is 2. The zero-order valence-corrected chi connectivity index (χ0v) is 14.4. The van der Waals surface area contributed by atoms with Crippen molar-refractivity contribution in [2.75, 3.05) is 12.0 Å². The van der Waals surface area contributed by atoms with Crippen LogP contribution in [0, 0.1) is 0 Å². The molecule has 3 N–H and O–H groups in total. The number of carbonyl (C=O) groups excluding carboxylic acids is 1. The van der Waals surface area contributed by atoms with E-state index in [-0.39, 0.29) is 4.08 Å². The van der Waals surface area contributed by atoms with Crippen LogP contribution >= 0.6 is 35.3 Å². The van der Waals surface area contributed by atoms with Crippen molar-refractivity contribution < 1.29 is 24.6 Å². The van der Waals surface area contributed by atoms with Crippen molar-refractivity contribution in [3.63, 3.8) is 0 Å². The van der Waals surface area contributed by atoms with Crippen LogP contribution in [0.2, 0.25) is 0 Å². The molecule has 9 heteroatoms. The van der Waals surface area contributed by atoms with Gasteiger partial charge in [0, 0.05) is 0 Å². The summed E-state index contributed by atoms with van der Waals surface area (Å²) in [7, 11) is 0. The topological polar surface area (TPSA) is 104 Å². The first-order valence-corrected chi connectivity index (χ1v) is 9.44. The number of carboxylic acid groups (broad SMARTS) is 2. The number of hydrogen-bond donors (Lipinski definition) is 3. The van der Waals surface area contributed by atoms with Gasteiger partial charge < -0.3 is 15.5 Å². The van der Waals surface area contributed by atoms with Gasteiger partial charge in [-0.25, -0.2) is 4.79 Å². The Morgan fingerprint density at radius 3 is 2.29 bits per heavy atom. The third-order valence-electron chi connectivity index (χ3n) is 2.82. The van der Waals surface area contributed by atoms with Crippen LogP contribution in [0.4, 0.5) is 0 Å². The van der Waals surface area contributed by atoms with Crippen molar-refractivity contribution in [1.82, 2.24) is 5.32 Å². The van der Waals surface area contributed by atoms with E-state index in [1.165, 1.54) is 35.3 Å². The summed E-state index contributed by atoms with van der Waals surface area (Å²) >= 11 is 3.97. The van der Waals surface area contributed by atoms with E-state index >= 15 is 0 Å². The molecule has 6 nitrogen and oxygen atoms in total. The summed E-state index contributed by atoms with van der Waals surface area (Å²) in [5, 5.41) is 19.2. The molecule has 0 aliphatic carbocycles. The second-order valence-electron chi connectivity index (χ2n) is 5.00. The van der Waals surface area contributed by atoms with Gasteiger partial charge in [0.2, 0.25) is 5.91 Å². The Labute approximate surface area is 136 Å². The van der Waals surface area contributed by atoms with E-state index in [9.17, 15) is 19.5 Å². The number of hydrogen-bond acceptors (Lipinski definition) is 6. The molecule has 2 unspecified atom stereocenters. The minimum absolute atomic E-state index is 0.313. The van der Waals surface area contributed by atoms with Crippen LogP contribution in [0.15, 0.2) is 0 Å². The number of carboxylic acids is 2. The van der Waals surface area contributed by atoms with Crippen LogP contribution < -0.4 is 5.32 Å². The van der Waals surface area contributed by atoms with Crippen molar-refractivity contribution in [1.29, 1.82) is 0 Å². The van der Waals surface area contributed by atoms with Gasteiger partial charge in [0.25, 0.3) is 0 Å². The largest absolute Gasteiger partial charge is 0.480 e. The Hall–Kier alpha value is -0.540. The summed E-state index contributed by atoms with van der Waals surface area (Å²) in [6.45, 7) is 3.71. The molecule has 1 aliphatic rings. The summed E-state index contributed by atoms with van der Waals surface area (Å²) in [6.07, 6.45) is 2.17. The SMILES string of the molecule is CSCC[C@H](NC(=O)C1SC(C)(C)SC1C(=O)O)C(=O)O. The highest BCUT2D eigenvalue weighted by molar-refractivity contribution is 8.22. The van der Waals surface area contributed by atoms with E-state index < -0.39 is 34.4 Å². The third-order valence-corrected chi connectivity index (χ3v) is 6.82. The molecule has 21 heavy (non-hydrogen) atoms. The zero-order chi connectivity index (χ0) is 16.2. The maximum atomic E-state index is 12.2. The molecule has 3 atom stereocenters. The normalized spacial score (nSPS) is 25.3. The van der Waals surface area contributed by atoms with Gasteiger partial charge in [-0.1, -0.05) is 0 Å². The average molecular weight is 353 g/mol. The Morgan fingerprint density at radius 2 is 1.81 bits per heavy atom. The molecular weight excluding hydrogens is 334 g/mol. The van der Waals surface area contributed by atoms with E-state index in [2.05, 4.69) is 5.32 Å². The fourth-order valence-corrected chi connectivity index (χ4v) is 5.52. The molecule has 1 saturated heterocycles. The smallest absolute Gasteiger partial charge is 0.326 e. The third kappa shape index (κ3) is 5.30. The van der Waals surface area contributed by atoms with Crippen molar-refractivity contribution in [2.45, 2.75) is 40.9 Å². The molecule has 1 aliphatic heterocycles. The highest BCUT2D eigenvalue weighted by atomic mass is 32.2. The maximum Gasteiger partial charge on any atom is 0.326 e. The standard InChI is InChI=1S/C12H19NO5S3/c1-12(2)20-7(8(21-12)11(17)18)9(14)13-6(10(15)16)4-5-19-3/h6-8H,4-5H2,1-3H3,(H,13,14)(H,15,16)(H,17,18)/t6-,7?,8?/m0/s1. The van der Waals surface area contributed by atoms with Gasteiger partial charge in [0.1, 0.15) is 16.5 Å². The van der Waals surface area contributed by atoms with E-state index in [4.69, 9.17) is 5.11 Å². The van der Waals surface area contributed by atoms with Gasteiger partial charge in [0.15, 0.2) is 0 Å². The number of thioether (sulfide) groups is 3. The molecule has 0 aromatic rings. The lowest BCUT2D eigenvalue weighted by atomic mass is 10.2. The van der Waals surface area contributed by atoms with E-state index in [0.29, 0.717) is 12.2 Å². The summed E-state index contributed by atoms with van der Waals surface area (Å²) in [5.74, 6) is -2.05. The Balaban J connectivity index is 2.76. The lowest BCUT2D eigenvalue weighted by molar-refractivity contribution is -0.142. The quantitative estimate of drug-likeness (QED) is 0.630. The Bertz CT molecular complexity index is 429. The molecule has 0 aromatic carbocycles. The van der Waals surface area contributed by atoms with Crippen LogP contribution in [-0.4, -0.2) is 60.7 Å². The first kappa shape index (κ1) is 18.5. The number of carbonyl (C=O) groups is 3. The predicted octanol–water partition coefficient (Wildman–Crippen LogP) is 1.35. The molecule has 1 heterocycles. The lowest BCUT2D eigenvalue weighted by Gasteiger charge is -2.19. The number of amides is 1.